The molecular weight excluding hydrogens is 242 g/mol. The van der Waals surface area contributed by atoms with Gasteiger partial charge in [-0.3, -0.25) is 0 Å². The highest BCUT2D eigenvalue weighted by Gasteiger charge is 2.42. The first-order valence-electron chi connectivity index (χ1n) is 6.44. The summed E-state index contributed by atoms with van der Waals surface area (Å²) in [6, 6.07) is 5.34. The number of hydrogen-bond donors (Lipinski definition) is 2. The summed E-state index contributed by atoms with van der Waals surface area (Å²) in [6.45, 7) is 2.06. The van der Waals surface area contributed by atoms with Crippen LogP contribution in [0.25, 0.3) is 0 Å². The quantitative estimate of drug-likeness (QED) is 0.870. The standard InChI is InChI=1S/C14H17N3O2/c1-10-4-2-6-14(8-10,13(18)19)17-12-11(9-15)5-3-7-16-12/h3,5,7,10H,2,4,6,8H2,1H3,(H,16,17)(H,18,19). The van der Waals surface area contributed by atoms with Crippen LogP contribution in [-0.2, 0) is 4.79 Å². The van der Waals surface area contributed by atoms with Crippen molar-refractivity contribution in [1.82, 2.24) is 4.98 Å². The lowest BCUT2D eigenvalue weighted by atomic mass is 9.76. The van der Waals surface area contributed by atoms with E-state index in [-0.39, 0.29) is 0 Å². The van der Waals surface area contributed by atoms with Gasteiger partial charge in [-0.2, -0.15) is 5.26 Å². The highest BCUT2D eigenvalue weighted by Crippen LogP contribution is 2.35. The number of carboxylic acid groups (broad SMARTS) is 1. The highest BCUT2D eigenvalue weighted by atomic mass is 16.4. The first kappa shape index (κ1) is 13.3. The Morgan fingerprint density at radius 3 is 3.11 bits per heavy atom. The summed E-state index contributed by atoms with van der Waals surface area (Å²) >= 11 is 0. The molecule has 5 heteroatoms. The largest absolute Gasteiger partial charge is 0.480 e. The fourth-order valence-electron chi connectivity index (χ4n) is 2.73. The van der Waals surface area contributed by atoms with Gasteiger partial charge < -0.3 is 10.4 Å². The minimum Gasteiger partial charge on any atom is -0.480 e. The Morgan fingerprint density at radius 1 is 1.68 bits per heavy atom. The van der Waals surface area contributed by atoms with E-state index >= 15 is 0 Å². The average molecular weight is 259 g/mol. The topological polar surface area (TPSA) is 86.0 Å². The van der Waals surface area contributed by atoms with Gasteiger partial charge in [-0.05, 0) is 30.9 Å². The molecule has 0 amide bonds. The number of nitrogens with one attached hydrogen (secondary N) is 1. The zero-order chi connectivity index (χ0) is 13.9. The minimum absolute atomic E-state index is 0.353. The Kier molecular flexibility index (Phi) is 3.70. The van der Waals surface area contributed by atoms with Crippen molar-refractivity contribution in [3.05, 3.63) is 23.9 Å². The van der Waals surface area contributed by atoms with Gasteiger partial charge in [-0.15, -0.1) is 0 Å². The highest BCUT2D eigenvalue weighted by molar-refractivity contribution is 5.83. The first-order chi connectivity index (χ1) is 9.07. The van der Waals surface area contributed by atoms with Crippen LogP contribution in [-0.4, -0.2) is 21.6 Å². The lowest BCUT2D eigenvalue weighted by Gasteiger charge is -2.37. The van der Waals surface area contributed by atoms with E-state index in [0.29, 0.717) is 30.1 Å². The normalized spacial score (nSPS) is 26.4. The summed E-state index contributed by atoms with van der Waals surface area (Å²) in [5.74, 6) is -0.151. The van der Waals surface area contributed by atoms with E-state index in [2.05, 4.69) is 17.2 Å². The predicted octanol–water partition coefficient (Wildman–Crippen LogP) is 2.40. The van der Waals surface area contributed by atoms with Crippen molar-refractivity contribution >= 4 is 11.8 Å². The van der Waals surface area contributed by atoms with Gasteiger partial charge in [-0.25, -0.2) is 9.78 Å². The number of aliphatic carboxylic acids is 1. The maximum Gasteiger partial charge on any atom is 0.329 e. The van der Waals surface area contributed by atoms with Gasteiger partial charge in [-0.1, -0.05) is 19.8 Å². The molecule has 2 unspecified atom stereocenters. The van der Waals surface area contributed by atoms with Crippen LogP contribution in [0.15, 0.2) is 18.3 Å². The van der Waals surface area contributed by atoms with Crippen LogP contribution in [0.5, 0.6) is 0 Å². The number of hydrogen-bond acceptors (Lipinski definition) is 4. The fourth-order valence-corrected chi connectivity index (χ4v) is 2.73. The summed E-state index contributed by atoms with van der Waals surface area (Å²) < 4.78 is 0. The van der Waals surface area contributed by atoms with Crippen molar-refractivity contribution in [2.24, 2.45) is 5.92 Å². The van der Waals surface area contributed by atoms with E-state index in [4.69, 9.17) is 5.26 Å². The number of anilines is 1. The van der Waals surface area contributed by atoms with E-state index in [9.17, 15) is 9.90 Å². The van der Waals surface area contributed by atoms with Crippen LogP contribution in [0.3, 0.4) is 0 Å². The molecule has 0 aromatic carbocycles. The molecule has 1 fully saturated rings. The maximum atomic E-state index is 11.7. The summed E-state index contributed by atoms with van der Waals surface area (Å²) in [5, 5.41) is 21.6. The third-order valence-electron chi connectivity index (χ3n) is 3.69. The van der Waals surface area contributed by atoms with Gasteiger partial charge in [0.1, 0.15) is 17.4 Å². The summed E-state index contributed by atoms with van der Waals surface area (Å²) in [5.41, 5.74) is -0.626. The van der Waals surface area contributed by atoms with Gasteiger partial charge in [0, 0.05) is 6.20 Å². The first-order valence-corrected chi connectivity index (χ1v) is 6.44. The molecule has 19 heavy (non-hydrogen) atoms. The molecule has 5 nitrogen and oxygen atoms in total. The number of nitrogens with zero attached hydrogens (tertiary/aromatic N) is 2. The Bertz CT molecular complexity index is 524. The summed E-state index contributed by atoms with van der Waals surface area (Å²) in [4.78, 5) is 15.8. The van der Waals surface area contributed by atoms with Crippen molar-refractivity contribution < 1.29 is 9.90 Å². The van der Waals surface area contributed by atoms with Crippen LogP contribution in [0.4, 0.5) is 5.82 Å². The molecule has 2 atom stereocenters. The lowest BCUT2D eigenvalue weighted by molar-refractivity contribution is -0.144. The van der Waals surface area contributed by atoms with Gasteiger partial charge >= 0.3 is 5.97 Å². The molecule has 1 aromatic heterocycles. The third kappa shape index (κ3) is 2.68. The Hall–Kier alpha value is -2.09. The fraction of sp³-hybridized carbons (Fsp3) is 0.500. The van der Waals surface area contributed by atoms with Gasteiger partial charge in [0.2, 0.25) is 0 Å². The SMILES string of the molecule is CC1CCCC(Nc2ncccc2C#N)(C(=O)O)C1. The number of carboxylic acids is 1. The average Bonchev–Trinajstić information content (AvgIpc) is 2.39. The summed E-state index contributed by atoms with van der Waals surface area (Å²) in [7, 11) is 0. The second-order valence-electron chi connectivity index (χ2n) is 5.23. The molecule has 1 heterocycles. The van der Waals surface area contributed by atoms with Crippen LogP contribution < -0.4 is 5.32 Å². The van der Waals surface area contributed by atoms with Crippen LogP contribution in [0.2, 0.25) is 0 Å². The van der Waals surface area contributed by atoms with E-state index < -0.39 is 11.5 Å². The van der Waals surface area contributed by atoms with Crippen LogP contribution >= 0.6 is 0 Å². The van der Waals surface area contributed by atoms with E-state index in [0.717, 1.165) is 12.8 Å². The molecule has 1 saturated carbocycles. The van der Waals surface area contributed by atoms with Gasteiger partial charge in [0.15, 0.2) is 0 Å². The summed E-state index contributed by atoms with van der Waals surface area (Å²) in [6.07, 6.45) is 4.60. The predicted molar refractivity (Wildman–Crippen MR) is 70.6 cm³/mol. The second-order valence-corrected chi connectivity index (χ2v) is 5.23. The zero-order valence-electron chi connectivity index (χ0n) is 10.9. The smallest absolute Gasteiger partial charge is 0.329 e. The Labute approximate surface area is 112 Å². The molecule has 1 aromatic rings. The van der Waals surface area contributed by atoms with Crippen molar-refractivity contribution in [2.45, 2.75) is 38.1 Å². The molecule has 1 aliphatic rings. The van der Waals surface area contributed by atoms with Crippen LogP contribution in [0.1, 0.15) is 38.2 Å². The maximum absolute atomic E-state index is 11.7. The number of nitriles is 1. The number of rotatable bonds is 3. The van der Waals surface area contributed by atoms with Gasteiger partial charge in [0.25, 0.3) is 0 Å². The van der Waals surface area contributed by atoms with Crippen molar-refractivity contribution in [1.29, 1.82) is 5.26 Å². The minimum atomic E-state index is -1.00. The molecule has 0 radical (unpaired) electrons. The molecule has 2 rings (SSSR count). The van der Waals surface area contributed by atoms with E-state index in [1.807, 2.05) is 6.07 Å². The molecule has 100 valence electrons. The molecule has 0 saturated heterocycles. The lowest BCUT2D eigenvalue weighted by Crippen LogP contribution is -2.50. The monoisotopic (exact) mass is 259 g/mol. The number of carbonyl (C=O) groups is 1. The molecule has 2 N–H and O–H groups in total. The van der Waals surface area contributed by atoms with Crippen LogP contribution in [0, 0.1) is 17.2 Å². The zero-order valence-corrected chi connectivity index (χ0v) is 10.9. The van der Waals surface area contributed by atoms with Crippen molar-refractivity contribution in [3.8, 4) is 6.07 Å². The van der Waals surface area contributed by atoms with Gasteiger partial charge in [0.05, 0.1) is 5.56 Å². The molecule has 1 aliphatic carbocycles. The number of aromatic nitrogens is 1. The number of pyridine rings is 1. The molecular formula is C14H17N3O2. The molecule has 0 spiro atoms. The van der Waals surface area contributed by atoms with E-state index in [1.54, 1.807) is 18.3 Å². The molecule has 0 bridgehead atoms. The van der Waals surface area contributed by atoms with E-state index in [1.165, 1.54) is 0 Å². The van der Waals surface area contributed by atoms with Crippen molar-refractivity contribution in [2.75, 3.05) is 5.32 Å². The second kappa shape index (κ2) is 5.27. The molecule has 0 aliphatic heterocycles. The van der Waals surface area contributed by atoms with Crippen molar-refractivity contribution in [3.63, 3.8) is 0 Å². The Balaban J connectivity index is 2.31. The Morgan fingerprint density at radius 2 is 2.47 bits per heavy atom. The third-order valence-corrected chi connectivity index (χ3v) is 3.69.